The quantitative estimate of drug-likeness (QED) is 0.669. The molecular weight excluding hydrogens is 370 g/mol. The van der Waals surface area contributed by atoms with E-state index in [0.29, 0.717) is 16.5 Å². The molecule has 0 spiro atoms. The Balaban J connectivity index is 1.68. The summed E-state index contributed by atoms with van der Waals surface area (Å²) in [5.41, 5.74) is 1.55. The zero-order chi connectivity index (χ0) is 18.7. The molecule has 0 radical (unpaired) electrons. The fourth-order valence-corrected chi connectivity index (χ4v) is 3.85. The Morgan fingerprint density at radius 2 is 2.12 bits per heavy atom. The summed E-state index contributed by atoms with van der Waals surface area (Å²) in [6.45, 7) is 2.28. The summed E-state index contributed by atoms with van der Waals surface area (Å²) in [6, 6.07) is 13.2. The van der Waals surface area contributed by atoms with Crippen LogP contribution < -0.4 is 10.1 Å². The molecule has 0 aliphatic rings. The van der Waals surface area contributed by atoms with Crippen molar-refractivity contribution in [2.45, 2.75) is 13.0 Å². The fourth-order valence-electron chi connectivity index (χ4n) is 2.59. The molecule has 2 aromatic carbocycles. The number of methoxy groups -OCH3 is 1. The van der Waals surface area contributed by atoms with Crippen LogP contribution in [0.2, 0.25) is 5.02 Å². The number of amides is 1. The number of likely N-dealkylation sites (N-methyl/N-ethyl adjacent to an activating group) is 1. The van der Waals surface area contributed by atoms with Gasteiger partial charge >= 0.3 is 0 Å². The molecule has 7 heteroatoms. The molecule has 0 aliphatic heterocycles. The summed E-state index contributed by atoms with van der Waals surface area (Å²) in [5, 5.41) is 4.39. The minimum atomic E-state index is -0.138. The number of halogens is 1. The molecule has 0 aliphatic carbocycles. The van der Waals surface area contributed by atoms with Crippen molar-refractivity contribution in [2.75, 3.05) is 26.0 Å². The highest BCUT2D eigenvalue weighted by Crippen LogP contribution is 2.30. The van der Waals surface area contributed by atoms with E-state index >= 15 is 0 Å². The minimum absolute atomic E-state index is 0.0272. The van der Waals surface area contributed by atoms with Crippen LogP contribution in [0, 0.1) is 0 Å². The van der Waals surface area contributed by atoms with Gasteiger partial charge in [0, 0.05) is 5.02 Å². The molecule has 0 unspecified atom stereocenters. The maximum absolute atomic E-state index is 12.4. The number of nitrogens with one attached hydrogen (secondary N) is 1. The van der Waals surface area contributed by atoms with Crippen LogP contribution in [0.3, 0.4) is 0 Å². The van der Waals surface area contributed by atoms with Crippen LogP contribution in [0.15, 0.2) is 42.5 Å². The highest BCUT2D eigenvalue weighted by Gasteiger charge is 2.19. The molecule has 0 bridgehead atoms. The Labute approximate surface area is 161 Å². The topological polar surface area (TPSA) is 54.5 Å². The zero-order valence-electron chi connectivity index (χ0n) is 14.8. The number of carbonyl (C=O) groups is 1. The predicted molar refractivity (Wildman–Crippen MR) is 107 cm³/mol. The molecule has 3 aromatic rings. The molecule has 136 valence electrons. The Bertz CT molecular complexity index is 895. The molecule has 0 fully saturated rings. The van der Waals surface area contributed by atoms with Crippen LogP contribution >= 0.6 is 22.9 Å². The van der Waals surface area contributed by atoms with Gasteiger partial charge in [-0.05, 0) is 44.3 Å². The second-order valence-electron chi connectivity index (χ2n) is 6.00. The van der Waals surface area contributed by atoms with Crippen LogP contribution in [0.4, 0.5) is 5.69 Å². The van der Waals surface area contributed by atoms with Gasteiger partial charge in [-0.2, -0.15) is 0 Å². The molecule has 26 heavy (non-hydrogen) atoms. The number of para-hydroxylation sites is 1. The third-order valence-corrected chi connectivity index (χ3v) is 5.60. The van der Waals surface area contributed by atoms with Gasteiger partial charge in [-0.1, -0.05) is 23.7 Å². The molecule has 3 rings (SSSR count). The van der Waals surface area contributed by atoms with Gasteiger partial charge in [0.25, 0.3) is 0 Å². The molecule has 1 heterocycles. The van der Waals surface area contributed by atoms with E-state index in [9.17, 15) is 4.79 Å². The molecular formula is C19H20ClN3O2S. The number of carbonyl (C=O) groups excluding carboxylic acids is 1. The van der Waals surface area contributed by atoms with Crippen molar-refractivity contribution in [1.82, 2.24) is 9.88 Å². The van der Waals surface area contributed by atoms with Crippen molar-refractivity contribution in [3.8, 4) is 5.75 Å². The van der Waals surface area contributed by atoms with Crippen LogP contribution in [0.5, 0.6) is 5.75 Å². The maximum Gasteiger partial charge on any atom is 0.238 e. The molecule has 1 atom stereocenters. The van der Waals surface area contributed by atoms with Crippen molar-refractivity contribution in [2.24, 2.45) is 0 Å². The lowest BCUT2D eigenvalue weighted by atomic mass is 10.2. The largest absolute Gasteiger partial charge is 0.495 e. The summed E-state index contributed by atoms with van der Waals surface area (Å²) in [7, 11) is 3.46. The smallest absolute Gasteiger partial charge is 0.238 e. The van der Waals surface area contributed by atoms with E-state index in [2.05, 4.69) is 16.4 Å². The van der Waals surface area contributed by atoms with E-state index in [1.165, 1.54) is 0 Å². The van der Waals surface area contributed by atoms with Crippen LogP contribution in [0.25, 0.3) is 10.2 Å². The lowest BCUT2D eigenvalue weighted by Gasteiger charge is -2.22. The molecule has 1 N–H and O–H groups in total. The van der Waals surface area contributed by atoms with Gasteiger partial charge in [-0.25, -0.2) is 4.98 Å². The first-order valence-electron chi connectivity index (χ1n) is 8.17. The van der Waals surface area contributed by atoms with Crippen molar-refractivity contribution in [1.29, 1.82) is 0 Å². The van der Waals surface area contributed by atoms with E-state index in [-0.39, 0.29) is 18.5 Å². The maximum atomic E-state index is 12.4. The predicted octanol–water partition coefficient (Wildman–Crippen LogP) is 4.59. The standard InChI is InChI=1S/C19H20ClN3O2S/c1-12(19-22-14-6-4-5-7-17(14)26-19)23(2)11-18(24)21-15-10-13(20)8-9-16(15)25-3/h4-10,12H,11H2,1-3H3,(H,21,24)/t12-/m1/s1. The summed E-state index contributed by atoms with van der Waals surface area (Å²) < 4.78 is 6.41. The first-order chi connectivity index (χ1) is 12.5. The summed E-state index contributed by atoms with van der Waals surface area (Å²) >= 11 is 7.66. The number of nitrogens with zero attached hydrogens (tertiary/aromatic N) is 2. The average molecular weight is 390 g/mol. The lowest BCUT2D eigenvalue weighted by molar-refractivity contribution is -0.117. The van der Waals surface area contributed by atoms with Gasteiger partial charge in [-0.3, -0.25) is 9.69 Å². The Kier molecular flexibility index (Phi) is 5.76. The van der Waals surface area contributed by atoms with Crippen LogP contribution in [0.1, 0.15) is 18.0 Å². The van der Waals surface area contributed by atoms with Gasteiger partial charge in [0.05, 0.1) is 35.6 Å². The number of aromatic nitrogens is 1. The highest BCUT2D eigenvalue weighted by atomic mass is 35.5. The van der Waals surface area contributed by atoms with E-state index in [4.69, 9.17) is 16.3 Å². The summed E-state index contributed by atoms with van der Waals surface area (Å²) in [5.74, 6) is 0.436. The average Bonchev–Trinajstić information content (AvgIpc) is 3.05. The Morgan fingerprint density at radius 1 is 1.35 bits per heavy atom. The number of hydrogen-bond donors (Lipinski definition) is 1. The molecule has 1 amide bonds. The number of benzene rings is 2. The fraction of sp³-hybridized carbons (Fsp3) is 0.263. The third kappa shape index (κ3) is 4.15. The van der Waals surface area contributed by atoms with Gasteiger partial charge in [0.1, 0.15) is 10.8 Å². The normalized spacial score (nSPS) is 12.3. The molecule has 0 saturated carbocycles. The van der Waals surface area contributed by atoms with E-state index in [1.54, 1.807) is 36.6 Å². The number of thiazole rings is 1. The summed E-state index contributed by atoms with van der Waals surface area (Å²) in [6.07, 6.45) is 0. The van der Waals surface area contributed by atoms with Gasteiger partial charge in [-0.15, -0.1) is 11.3 Å². The van der Waals surface area contributed by atoms with Crippen molar-refractivity contribution < 1.29 is 9.53 Å². The van der Waals surface area contributed by atoms with E-state index in [0.717, 1.165) is 15.2 Å². The number of anilines is 1. The number of ether oxygens (including phenoxy) is 1. The third-order valence-electron chi connectivity index (χ3n) is 4.16. The van der Waals surface area contributed by atoms with Crippen molar-refractivity contribution in [3.63, 3.8) is 0 Å². The first-order valence-corrected chi connectivity index (χ1v) is 9.36. The number of hydrogen-bond acceptors (Lipinski definition) is 5. The number of rotatable bonds is 6. The monoisotopic (exact) mass is 389 g/mol. The molecule has 5 nitrogen and oxygen atoms in total. The SMILES string of the molecule is COc1ccc(Cl)cc1NC(=O)CN(C)[C@H](C)c1nc2ccccc2s1. The second-order valence-corrected chi connectivity index (χ2v) is 7.50. The first kappa shape index (κ1) is 18.6. The Morgan fingerprint density at radius 3 is 2.85 bits per heavy atom. The lowest BCUT2D eigenvalue weighted by Crippen LogP contribution is -2.32. The molecule has 1 aromatic heterocycles. The second kappa shape index (κ2) is 8.03. The Hall–Kier alpha value is -2.15. The van der Waals surface area contributed by atoms with Crippen LogP contribution in [-0.4, -0.2) is 36.5 Å². The zero-order valence-corrected chi connectivity index (χ0v) is 16.4. The number of fused-ring (bicyclic) bond motifs is 1. The van der Waals surface area contributed by atoms with Gasteiger partial charge < -0.3 is 10.1 Å². The summed E-state index contributed by atoms with van der Waals surface area (Å²) in [4.78, 5) is 19.1. The van der Waals surface area contributed by atoms with E-state index < -0.39 is 0 Å². The van der Waals surface area contributed by atoms with E-state index in [1.807, 2.05) is 37.1 Å². The van der Waals surface area contributed by atoms with Crippen molar-refractivity contribution >= 4 is 44.7 Å². The molecule has 0 saturated heterocycles. The highest BCUT2D eigenvalue weighted by molar-refractivity contribution is 7.18. The van der Waals surface area contributed by atoms with Crippen LogP contribution in [-0.2, 0) is 4.79 Å². The van der Waals surface area contributed by atoms with Gasteiger partial charge in [0.15, 0.2) is 0 Å². The minimum Gasteiger partial charge on any atom is -0.495 e. The van der Waals surface area contributed by atoms with Crippen molar-refractivity contribution in [3.05, 3.63) is 52.5 Å². The van der Waals surface area contributed by atoms with Gasteiger partial charge in [0.2, 0.25) is 5.91 Å².